The van der Waals surface area contributed by atoms with E-state index in [1.54, 1.807) is 59.3 Å². The minimum Gasteiger partial charge on any atom is -0.481 e. The van der Waals surface area contributed by atoms with Crippen LogP contribution in [0, 0.1) is 0 Å². The number of hydrogen-bond donors (Lipinski definition) is 2. The molecule has 29 heavy (non-hydrogen) atoms. The van der Waals surface area contributed by atoms with Gasteiger partial charge in [0.2, 0.25) is 0 Å². The van der Waals surface area contributed by atoms with E-state index in [1.807, 2.05) is 26.8 Å². The number of para-hydroxylation sites is 1. The van der Waals surface area contributed by atoms with E-state index < -0.39 is 12.1 Å². The third-order valence-corrected chi connectivity index (χ3v) is 4.20. The molecule has 1 aromatic heterocycles. The first-order chi connectivity index (χ1) is 13.7. The van der Waals surface area contributed by atoms with Gasteiger partial charge in [-0.05, 0) is 29.8 Å². The molecule has 0 aliphatic rings. The van der Waals surface area contributed by atoms with Crippen LogP contribution in [0.4, 0.5) is 10.6 Å². The van der Waals surface area contributed by atoms with Crippen LogP contribution in [-0.4, -0.2) is 26.9 Å². The molecule has 0 bridgehead atoms. The van der Waals surface area contributed by atoms with Gasteiger partial charge in [-0.15, -0.1) is 0 Å². The number of aromatic nitrogens is 2. The van der Waals surface area contributed by atoms with E-state index in [9.17, 15) is 9.59 Å². The van der Waals surface area contributed by atoms with Crippen LogP contribution in [0.2, 0.25) is 0 Å². The van der Waals surface area contributed by atoms with Gasteiger partial charge >= 0.3 is 12.1 Å². The van der Waals surface area contributed by atoms with Gasteiger partial charge in [0.05, 0.1) is 17.8 Å². The summed E-state index contributed by atoms with van der Waals surface area (Å²) in [5.41, 5.74) is 1.95. The van der Waals surface area contributed by atoms with Crippen molar-refractivity contribution in [1.82, 2.24) is 9.78 Å². The van der Waals surface area contributed by atoms with Crippen LogP contribution in [0.25, 0.3) is 5.69 Å². The number of amides is 1. The summed E-state index contributed by atoms with van der Waals surface area (Å²) in [7, 11) is 0. The molecular formula is C22H23N3O4. The Morgan fingerprint density at radius 2 is 1.72 bits per heavy atom. The molecule has 3 rings (SSSR count). The van der Waals surface area contributed by atoms with Crippen molar-refractivity contribution in [2.75, 3.05) is 5.32 Å². The maximum Gasteiger partial charge on any atom is 0.418 e. The average Bonchev–Trinajstić information content (AvgIpc) is 3.07. The van der Waals surface area contributed by atoms with E-state index in [1.165, 1.54) is 0 Å². The first kappa shape index (κ1) is 20.1. The molecule has 0 saturated carbocycles. The number of carbonyl (C=O) groups excluding carboxylic acids is 1. The number of nitrogens with zero attached hydrogens (tertiary/aromatic N) is 2. The van der Waals surface area contributed by atoms with Crippen LogP contribution >= 0.6 is 0 Å². The topological polar surface area (TPSA) is 93.5 Å². The number of anilines is 1. The second-order valence-corrected chi connectivity index (χ2v) is 7.64. The summed E-state index contributed by atoms with van der Waals surface area (Å²) in [4.78, 5) is 23.2. The largest absolute Gasteiger partial charge is 0.481 e. The molecule has 2 N–H and O–H groups in total. The summed E-state index contributed by atoms with van der Waals surface area (Å²) in [6.07, 6.45) is -0.679. The Labute approximate surface area is 168 Å². The zero-order chi connectivity index (χ0) is 21.0. The van der Waals surface area contributed by atoms with E-state index in [0.29, 0.717) is 22.8 Å². The summed E-state index contributed by atoms with van der Waals surface area (Å²) in [6, 6.07) is 17.6. The maximum atomic E-state index is 12.4. The molecule has 3 aromatic rings. The van der Waals surface area contributed by atoms with Crippen molar-refractivity contribution in [2.45, 2.75) is 32.6 Å². The van der Waals surface area contributed by atoms with E-state index >= 15 is 0 Å². The molecule has 1 amide bonds. The third kappa shape index (κ3) is 5.22. The lowest BCUT2D eigenvalue weighted by atomic mass is 9.92. The Morgan fingerprint density at radius 1 is 1.07 bits per heavy atom. The van der Waals surface area contributed by atoms with Crippen LogP contribution in [0.1, 0.15) is 32.0 Å². The molecule has 2 aromatic carbocycles. The summed E-state index contributed by atoms with van der Waals surface area (Å²) in [5.74, 6) is 0.00449. The monoisotopic (exact) mass is 393 g/mol. The number of carboxylic acids is 1. The van der Waals surface area contributed by atoms with Gasteiger partial charge < -0.3 is 9.84 Å². The first-order valence-electron chi connectivity index (χ1n) is 9.18. The Bertz CT molecular complexity index is 1000. The zero-order valence-electron chi connectivity index (χ0n) is 16.5. The predicted octanol–water partition coefficient (Wildman–Crippen LogP) is 4.41. The Morgan fingerprint density at radius 3 is 2.31 bits per heavy atom. The number of hydrogen-bond acceptors (Lipinski definition) is 4. The van der Waals surface area contributed by atoms with Crippen LogP contribution in [0.3, 0.4) is 0 Å². The molecule has 0 aliphatic carbocycles. The summed E-state index contributed by atoms with van der Waals surface area (Å²) in [5, 5.41) is 16.3. The standard InChI is InChI=1S/C22H23N3O4/c1-22(2,3)18-14-19(23-21(28)29-17-7-5-4-6-8-17)25(24-18)16-11-9-15(10-12-16)13-20(26)27/h4-12,14H,13H2,1-3H3,(H,23,28)(H,26,27). The maximum absolute atomic E-state index is 12.4. The van der Waals surface area contributed by atoms with Crippen molar-refractivity contribution in [3.8, 4) is 11.4 Å². The number of carbonyl (C=O) groups is 2. The highest BCUT2D eigenvalue weighted by atomic mass is 16.6. The third-order valence-electron chi connectivity index (χ3n) is 4.20. The second-order valence-electron chi connectivity index (χ2n) is 7.64. The van der Waals surface area contributed by atoms with Crippen molar-refractivity contribution in [3.63, 3.8) is 0 Å². The Balaban J connectivity index is 1.88. The van der Waals surface area contributed by atoms with Crippen molar-refractivity contribution >= 4 is 17.9 Å². The predicted molar refractivity (Wildman–Crippen MR) is 110 cm³/mol. The molecule has 0 fully saturated rings. The molecule has 0 saturated heterocycles. The van der Waals surface area contributed by atoms with Gasteiger partial charge in [-0.1, -0.05) is 51.1 Å². The minimum atomic E-state index is -0.891. The number of nitrogens with one attached hydrogen (secondary N) is 1. The molecular weight excluding hydrogens is 370 g/mol. The molecule has 150 valence electrons. The molecule has 1 heterocycles. The summed E-state index contributed by atoms with van der Waals surface area (Å²) in [6.45, 7) is 6.09. The van der Waals surface area contributed by atoms with E-state index in [0.717, 1.165) is 5.69 Å². The fraction of sp³-hybridized carbons (Fsp3) is 0.227. The van der Waals surface area contributed by atoms with Crippen molar-refractivity contribution in [2.24, 2.45) is 0 Å². The van der Waals surface area contributed by atoms with Gasteiger partial charge in [-0.2, -0.15) is 5.10 Å². The highest BCUT2D eigenvalue weighted by molar-refractivity contribution is 5.85. The number of aliphatic carboxylic acids is 1. The van der Waals surface area contributed by atoms with Crippen molar-refractivity contribution in [1.29, 1.82) is 0 Å². The normalized spacial score (nSPS) is 11.1. The molecule has 0 unspecified atom stereocenters. The van der Waals surface area contributed by atoms with Gasteiger partial charge in [0.1, 0.15) is 11.6 Å². The van der Waals surface area contributed by atoms with E-state index in [4.69, 9.17) is 9.84 Å². The highest BCUT2D eigenvalue weighted by Crippen LogP contribution is 2.26. The molecule has 7 heteroatoms. The van der Waals surface area contributed by atoms with E-state index in [-0.39, 0.29) is 11.8 Å². The highest BCUT2D eigenvalue weighted by Gasteiger charge is 2.22. The lowest BCUT2D eigenvalue weighted by molar-refractivity contribution is -0.136. The Kier molecular flexibility index (Phi) is 5.68. The fourth-order valence-corrected chi connectivity index (χ4v) is 2.69. The number of carboxylic acid groups (broad SMARTS) is 1. The smallest absolute Gasteiger partial charge is 0.418 e. The molecule has 7 nitrogen and oxygen atoms in total. The summed E-state index contributed by atoms with van der Waals surface area (Å²) < 4.78 is 6.92. The van der Waals surface area contributed by atoms with Crippen molar-refractivity contribution < 1.29 is 19.4 Å². The minimum absolute atomic E-state index is 0.0544. The SMILES string of the molecule is CC(C)(C)c1cc(NC(=O)Oc2ccccc2)n(-c2ccc(CC(=O)O)cc2)n1. The quantitative estimate of drug-likeness (QED) is 0.670. The van der Waals surface area contributed by atoms with Crippen molar-refractivity contribution in [3.05, 3.63) is 71.9 Å². The molecule has 0 spiro atoms. The summed E-state index contributed by atoms with van der Waals surface area (Å²) >= 11 is 0. The Hall–Kier alpha value is -3.61. The first-order valence-corrected chi connectivity index (χ1v) is 9.18. The number of rotatable bonds is 5. The van der Waals surface area contributed by atoms with Crippen LogP contribution in [0.5, 0.6) is 5.75 Å². The fourth-order valence-electron chi connectivity index (χ4n) is 2.69. The molecule has 0 atom stereocenters. The zero-order valence-corrected chi connectivity index (χ0v) is 16.5. The van der Waals surface area contributed by atoms with E-state index in [2.05, 4.69) is 10.4 Å². The van der Waals surface area contributed by atoms with Crippen LogP contribution in [0.15, 0.2) is 60.7 Å². The molecule has 0 aliphatic heterocycles. The van der Waals surface area contributed by atoms with Gasteiger partial charge in [0, 0.05) is 11.5 Å². The van der Waals surface area contributed by atoms with Gasteiger partial charge in [-0.25, -0.2) is 9.48 Å². The lowest BCUT2D eigenvalue weighted by Gasteiger charge is -2.14. The molecule has 0 radical (unpaired) electrons. The van der Waals surface area contributed by atoms with Gasteiger partial charge in [0.15, 0.2) is 0 Å². The number of ether oxygens (including phenoxy) is 1. The lowest BCUT2D eigenvalue weighted by Crippen LogP contribution is -2.19. The number of benzene rings is 2. The average molecular weight is 393 g/mol. The van der Waals surface area contributed by atoms with Crippen LogP contribution < -0.4 is 10.1 Å². The van der Waals surface area contributed by atoms with Gasteiger partial charge in [-0.3, -0.25) is 10.1 Å². The second kappa shape index (κ2) is 8.18. The van der Waals surface area contributed by atoms with Gasteiger partial charge in [0.25, 0.3) is 0 Å². The van der Waals surface area contributed by atoms with Crippen LogP contribution in [-0.2, 0) is 16.6 Å².